The van der Waals surface area contributed by atoms with Crippen molar-refractivity contribution in [1.82, 2.24) is 14.9 Å². The molecule has 2 heterocycles. The largest absolute Gasteiger partial charge is 0.411 e. The van der Waals surface area contributed by atoms with E-state index in [0.29, 0.717) is 0 Å². The van der Waals surface area contributed by atoms with E-state index in [1.165, 1.54) is 0 Å². The highest BCUT2D eigenvalue weighted by Gasteiger charge is 2.26. The standard InChI is InChI=1S/C9H15N3O/c1-9(2,3)8-11-10-7-5-4-6-13-12(7)8/h4-6H2,1-3H3. The Balaban J connectivity index is 2.43. The van der Waals surface area contributed by atoms with Crippen molar-refractivity contribution in [2.45, 2.75) is 39.0 Å². The highest BCUT2D eigenvalue weighted by atomic mass is 16.7. The number of hydrogen-bond acceptors (Lipinski definition) is 3. The molecule has 2 rings (SSSR count). The monoisotopic (exact) mass is 181 g/mol. The predicted molar refractivity (Wildman–Crippen MR) is 48.5 cm³/mol. The Bertz CT molecular complexity index is 311. The van der Waals surface area contributed by atoms with Crippen molar-refractivity contribution in [1.29, 1.82) is 0 Å². The Morgan fingerprint density at radius 2 is 2.08 bits per heavy atom. The lowest BCUT2D eigenvalue weighted by atomic mass is 9.96. The lowest BCUT2D eigenvalue weighted by molar-refractivity contribution is 0.0681. The van der Waals surface area contributed by atoms with E-state index in [9.17, 15) is 0 Å². The fraction of sp³-hybridized carbons (Fsp3) is 0.778. The number of rotatable bonds is 0. The SMILES string of the molecule is CC(C)(C)c1nnc2n1OCCC2. The van der Waals surface area contributed by atoms with Gasteiger partial charge in [0, 0.05) is 11.8 Å². The van der Waals surface area contributed by atoms with Crippen LogP contribution in [0, 0.1) is 0 Å². The minimum atomic E-state index is 0.00257. The van der Waals surface area contributed by atoms with Crippen LogP contribution in [0.1, 0.15) is 38.8 Å². The van der Waals surface area contributed by atoms with Crippen LogP contribution in [0.5, 0.6) is 0 Å². The highest BCUT2D eigenvalue weighted by Crippen LogP contribution is 2.21. The average molecular weight is 181 g/mol. The number of hydrogen-bond donors (Lipinski definition) is 0. The third-order valence-electron chi connectivity index (χ3n) is 2.12. The van der Waals surface area contributed by atoms with Crippen molar-refractivity contribution in [2.75, 3.05) is 6.61 Å². The molecule has 0 amide bonds. The van der Waals surface area contributed by atoms with Crippen LogP contribution in [0.3, 0.4) is 0 Å². The van der Waals surface area contributed by atoms with Crippen LogP contribution >= 0.6 is 0 Å². The third kappa shape index (κ3) is 1.41. The van der Waals surface area contributed by atoms with E-state index in [2.05, 4.69) is 31.0 Å². The van der Waals surface area contributed by atoms with Gasteiger partial charge in [-0.1, -0.05) is 20.8 Å². The van der Waals surface area contributed by atoms with Crippen LogP contribution < -0.4 is 4.84 Å². The maximum Gasteiger partial charge on any atom is 0.174 e. The smallest absolute Gasteiger partial charge is 0.174 e. The van der Waals surface area contributed by atoms with Gasteiger partial charge in [-0.15, -0.1) is 10.2 Å². The van der Waals surface area contributed by atoms with Crippen LogP contribution in [0.2, 0.25) is 0 Å². The molecule has 1 aliphatic heterocycles. The van der Waals surface area contributed by atoms with Crippen molar-refractivity contribution in [2.24, 2.45) is 0 Å². The van der Waals surface area contributed by atoms with Gasteiger partial charge in [0.2, 0.25) is 0 Å². The minimum Gasteiger partial charge on any atom is -0.411 e. The van der Waals surface area contributed by atoms with E-state index in [1.807, 2.05) is 0 Å². The molecule has 1 aliphatic rings. The van der Waals surface area contributed by atoms with Gasteiger partial charge >= 0.3 is 0 Å². The summed E-state index contributed by atoms with van der Waals surface area (Å²) < 4.78 is 1.80. The van der Waals surface area contributed by atoms with Crippen LogP contribution in [-0.4, -0.2) is 21.5 Å². The molecule has 0 aliphatic carbocycles. The molecule has 13 heavy (non-hydrogen) atoms. The predicted octanol–water partition coefficient (Wildman–Crippen LogP) is 0.950. The van der Waals surface area contributed by atoms with Crippen LogP contribution in [-0.2, 0) is 11.8 Å². The van der Waals surface area contributed by atoms with Gasteiger partial charge in [-0.25, -0.2) is 0 Å². The second-order valence-corrected chi connectivity index (χ2v) is 4.42. The zero-order valence-electron chi connectivity index (χ0n) is 8.37. The Morgan fingerprint density at radius 1 is 1.31 bits per heavy atom. The first kappa shape index (κ1) is 8.53. The number of aryl methyl sites for hydroxylation is 1. The summed E-state index contributed by atoms with van der Waals surface area (Å²) >= 11 is 0. The highest BCUT2D eigenvalue weighted by molar-refractivity contribution is 5.05. The first-order valence-corrected chi connectivity index (χ1v) is 4.67. The summed E-state index contributed by atoms with van der Waals surface area (Å²) in [4.78, 5) is 5.51. The topological polar surface area (TPSA) is 39.9 Å². The Kier molecular flexibility index (Phi) is 1.78. The molecule has 4 nitrogen and oxygen atoms in total. The van der Waals surface area contributed by atoms with Gasteiger partial charge in [-0.05, 0) is 6.42 Å². The van der Waals surface area contributed by atoms with Gasteiger partial charge in [0.1, 0.15) is 6.61 Å². The van der Waals surface area contributed by atoms with Gasteiger partial charge < -0.3 is 4.84 Å². The fourth-order valence-electron chi connectivity index (χ4n) is 1.44. The quantitative estimate of drug-likeness (QED) is 0.598. The normalized spacial score (nSPS) is 16.5. The lowest BCUT2D eigenvalue weighted by Gasteiger charge is -2.21. The summed E-state index contributed by atoms with van der Waals surface area (Å²) in [5, 5.41) is 8.27. The molecule has 0 radical (unpaired) electrons. The van der Waals surface area contributed by atoms with Crippen molar-refractivity contribution < 1.29 is 4.84 Å². The molecule has 0 atom stereocenters. The van der Waals surface area contributed by atoms with E-state index < -0.39 is 0 Å². The van der Waals surface area contributed by atoms with E-state index in [0.717, 1.165) is 31.1 Å². The lowest BCUT2D eigenvalue weighted by Crippen LogP contribution is -2.28. The first-order chi connectivity index (χ1) is 6.09. The molecule has 0 aromatic carbocycles. The summed E-state index contributed by atoms with van der Waals surface area (Å²) in [5.41, 5.74) is 0.00257. The van der Waals surface area contributed by atoms with Crippen molar-refractivity contribution in [3.63, 3.8) is 0 Å². The molecule has 72 valence electrons. The second-order valence-electron chi connectivity index (χ2n) is 4.42. The van der Waals surface area contributed by atoms with Crippen LogP contribution in [0.4, 0.5) is 0 Å². The third-order valence-corrected chi connectivity index (χ3v) is 2.12. The molecule has 1 aromatic heterocycles. The maximum absolute atomic E-state index is 5.51. The summed E-state index contributed by atoms with van der Waals surface area (Å²) in [6, 6.07) is 0. The van der Waals surface area contributed by atoms with Crippen molar-refractivity contribution in [3.8, 4) is 0 Å². The van der Waals surface area contributed by atoms with E-state index in [1.54, 1.807) is 4.73 Å². The van der Waals surface area contributed by atoms with Crippen molar-refractivity contribution >= 4 is 0 Å². The van der Waals surface area contributed by atoms with Crippen LogP contribution in [0.15, 0.2) is 0 Å². The van der Waals surface area contributed by atoms with Gasteiger partial charge in [0.05, 0.1) is 0 Å². The summed E-state index contributed by atoms with van der Waals surface area (Å²) in [7, 11) is 0. The summed E-state index contributed by atoms with van der Waals surface area (Å²) in [6.45, 7) is 7.11. The minimum absolute atomic E-state index is 0.00257. The number of aromatic nitrogens is 3. The van der Waals surface area contributed by atoms with Gasteiger partial charge in [0.25, 0.3) is 0 Å². The van der Waals surface area contributed by atoms with E-state index in [4.69, 9.17) is 4.84 Å². The average Bonchev–Trinajstić information content (AvgIpc) is 2.45. The Hall–Kier alpha value is -1.06. The molecule has 0 bridgehead atoms. The summed E-state index contributed by atoms with van der Waals surface area (Å²) in [6.07, 6.45) is 2.02. The molecule has 0 unspecified atom stereocenters. The molecule has 4 heteroatoms. The fourth-order valence-corrected chi connectivity index (χ4v) is 1.44. The second kappa shape index (κ2) is 2.72. The molecular formula is C9H15N3O. The molecule has 0 saturated heterocycles. The molecule has 0 spiro atoms. The first-order valence-electron chi connectivity index (χ1n) is 4.67. The molecule has 0 saturated carbocycles. The zero-order chi connectivity index (χ0) is 9.47. The molecular weight excluding hydrogens is 166 g/mol. The van der Waals surface area contributed by atoms with Gasteiger partial charge in [-0.2, -0.15) is 4.73 Å². The zero-order valence-corrected chi connectivity index (χ0v) is 8.37. The van der Waals surface area contributed by atoms with E-state index >= 15 is 0 Å². The molecule has 0 fully saturated rings. The van der Waals surface area contributed by atoms with Crippen LogP contribution in [0.25, 0.3) is 0 Å². The summed E-state index contributed by atoms with van der Waals surface area (Å²) in [5.74, 6) is 1.87. The number of fused-ring (bicyclic) bond motifs is 1. The van der Waals surface area contributed by atoms with Crippen molar-refractivity contribution in [3.05, 3.63) is 11.6 Å². The van der Waals surface area contributed by atoms with E-state index in [-0.39, 0.29) is 5.41 Å². The Morgan fingerprint density at radius 3 is 2.77 bits per heavy atom. The molecule has 1 aromatic rings. The molecule has 0 N–H and O–H groups in total. The van der Waals surface area contributed by atoms with Gasteiger partial charge in [-0.3, -0.25) is 0 Å². The number of nitrogens with zero attached hydrogens (tertiary/aromatic N) is 3. The maximum atomic E-state index is 5.51. The van der Waals surface area contributed by atoms with Gasteiger partial charge in [0.15, 0.2) is 11.6 Å². The Labute approximate surface area is 77.9 Å².